The maximum absolute atomic E-state index is 10.7. The molecule has 1 aromatic heterocycles. The summed E-state index contributed by atoms with van der Waals surface area (Å²) in [6, 6.07) is 3.31. The van der Waals surface area contributed by atoms with Crippen molar-refractivity contribution in [1.29, 1.82) is 0 Å². The zero-order chi connectivity index (χ0) is 9.19. The summed E-state index contributed by atoms with van der Waals surface area (Å²) in [5.74, 6) is -0.193. The van der Waals surface area contributed by atoms with E-state index < -0.39 is 10.0 Å². The molecule has 0 aliphatic rings. The summed E-state index contributed by atoms with van der Waals surface area (Å²) in [5, 5.41) is 4.86. The molecule has 0 spiro atoms. The molecule has 0 bridgehead atoms. The van der Waals surface area contributed by atoms with Crippen molar-refractivity contribution in [3.8, 4) is 0 Å². The van der Waals surface area contributed by atoms with Crippen LogP contribution in [0.1, 0.15) is 5.56 Å². The molecule has 0 atom stereocenters. The fourth-order valence-corrected chi connectivity index (χ4v) is 1.99. The van der Waals surface area contributed by atoms with E-state index in [2.05, 4.69) is 20.9 Å². The lowest BCUT2D eigenvalue weighted by Gasteiger charge is -1.99. The third-order valence-electron chi connectivity index (χ3n) is 1.19. The van der Waals surface area contributed by atoms with E-state index in [1.54, 1.807) is 18.3 Å². The van der Waals surface area contributed by atoms with E-state index in [-0.39, 0.29) is 5.75 Å². The zero-order valence-electron chi connectivity index (χ0n) is 6.07. The van der Waals surface area contributed by atoms with Crippen molar-refractivity contribution in [1.82, 2.24) is 4.98 Å². The molecule has 0 aliphatic carbocycles. The minimum Gasteiger partial charge on any atom is -0.249 e. The fourth-order valence-electron chi connectivity index (χ4n) is 0.744. The lowest BCUT2D eigenvalue weighted by Crippen LogP contribution is -2.14. The summed E-state index contributed by atoms with van der Waals surface area (Å²) < 4.78 is 21.9. The van der Waals surface area contributed by atoms with E-state index in [0.717, 1.165) is 0 Å². The van der Waals surface area contributed by atoms with Crippen LogP contribution in [0.5, 0.6) is 0 Å². The molecule has 0 fully saturated rings. The highest BCUT2D eigenvalue weighted by Crippen LogP contribution is 2.13. The lowest BCUT2D eigenvalue weighted by atomic mass is 10.3. The zero-order valence-corrected chi connectivity index (χ0v) is 8.47. The van der Waals surface area contributed by atoms with Crippen molar-refractivity contribution >= 4 is 26.0 Å². The van der Waals surface area contributed by atoms with Gasteiger partial charge in [-0.2, -0.15) is 0 Å². The average Bonchev–Trinajstić information content (AvgIpc) is 1.91. The van der Waals surface area contributed by atoms with Crippen molar-refractivity contribution < 1.29 is 8.42 Å². The molecule has 1 heterocycles. The highest BCUT2D eigenvalue weighted by atomic mass is 79.9. The van der Waals surface area contributed by atoms with Crippen molar-refractivity contribution in [2.45, 2.75) is 5.75 Å². The molecule has 0 amide bonds. The summed E-state index contributed by atoms with van der Waals surface area (Å²) in [6.45, 7) is 0. The Hall–Kier alpha value is -0.460. The number of hydrogen-bond acceptors (Lipinski definition) is 3. The largest absolute Gasteiger partial charge is 0.249 e. The first-order chi connectivity index (χ1) is 5.49. The van der Waals surface area contributed by atoms with E-state index >= 15 is 0 Å². The molecule has 12 heavy (non-hydrogen) atoms. The van der Waals surface area contributed by atoms with Crippen molar-refractivity contribution in [3.63, 3.8) is 0 Å². The highest BCUT2D eigenvalue weighted by Gasteiger charge is 2.07. The van der Waals surface area contributed by atoms with Crippen LogP contribution in [0.4, 0.5) is 0 Å². The van der Waals surface area contributed by atoms with E-state index in [4.69, 9.17) is 5.14 Å². The quantitative estimate of drug-likeness (QED) is 0.783. The van der Waals surface area contributed by atoms with Gasteiger partial charge in [-0.1, -0.05) is 6.07 Å². The minimum absolute atomic E-state index is 0.193. The number of hydrogen-bond donors (Lipinski definition) is 1. The first-order valence-corrected chi connectivity index (χ1v) is 5.60. The van der Waals surface area contributed by atoms with E-state index in [0.29, 0.717) is 10.2 Å². The molecule has 1 rings (SSSR count). The highest BCUT2D eigenvalue weighted by molar-refractivity contribution is 9.10. The van der Waals surface area contributed by atoms with Crippen LogP contribution in [0.25, 0.3) is 0 Å². The van der Waals surface area contributed by atoms with Crippen LogP contribution < -0.4 is 5.14 Å². The fraction of sp³-hybridized carbons (Fsp3) is 0.167. The van der Waals surface area contributed by atoms with Gasteiger partial charge in [-0.15, -0.1) is 0 Å². The van der Waals surface area contributed by atoms with Gasteiger partial charge in [-0.05, 0) is 22.0 Å². The Morgan fingerprint density at radius 3 is 2.75 bits per heavy atom. The molecular weight excluding hydrogens is 244 g/mol. The molecule has 0 saturated carbocycles. The Kier molecular flexibility index (Phi) is 2.81. The van der Waals surface area contributed by atoms with Crippen LogP contribution in [-0.4, -0.2) is 13.4 Å². The van der Waals surface area contributed by atoms with Crippen molar-refractivity contribution in [2.75, 3.05) is 0 Å². The summed E-state index contributed by atoms with van der Waals surface area (Å²) in [6.07, 6.45) is 1.57. The van der Waals surface area contributed by atoms with Gasteiger partial charge >= 0.3 is 0 Å². The standard InChI is InChI=1S/C6H7BrN2O2S/c7-6-5(2-1-3-9-6)4-12(8,10)11/h1-3H,4H2,(H2,8,10,11). The molecule has 0 saturated heterocycles. The molecule has 0 unspecified atom stereocenters. The van der Waals surface area contributed by atoms with Gasteiger partial charge in [0.05, 0.1) is 5.75 Å². The number of nitrogens with two attached hydrogens (primary N) is 1. The van der Waals surface area contributed by atoms with E-state index in [9.17, 15) is 8.42 Å². The molecule has 2 N–H and O–H groups in total. The average molecular weight is 251 g/mol. The molecular formula is C6H7BrN2O2S. The molecule has 66 valence electrons. The van der Waals surface area contributed by atoms with E-state index in [1.807, 2.05) is 0 Å². The van der Waals surface area contributed by atoms with Crippen molar-refractivity contribution in [3.05, 3.63) is 28.5 Å². The lowest BCUT2D eigenvalue weighted by molar-refractivity contribution is 0.597. The number of aromatic nitrogens is 1. The summed E-state index contributed by atoms with van der Waals surface area (Å²) in [7, 11) is -3.47. The number of sulfonamides is 1. The van der Waals surface area contributed by atoms with Crippen LogP contribution >= 0.6 is 15.9 Å². The second-order valence-electron chi connectivity index (χ2n) is 2.26. The Morgan fingerprint density at radius 1 is 1.58 bits per heavy atom. The molecule has 6 heteroatoms. The van der Waals surface area contributed by atoms with Gasteiger partial charge in [-0.3, -0.25) is 0 Å². The van der Waals surface area contributed by atoms with Crippen LogP contribution in [-0.2, 0) is 15.8 Å². The normalized spacial score (nSPS) is 11.5. The SMILES string of the molecule is NS(=O)(=O)Cc1cccnc1Br. The molecule has 0 aliphatic heterocycles. The Labute approximate surface area is 79.0 Å². The molecule has 0 aromatic carbocycles. The predicted molar refractivity (Wildman–Crippen MR) is 48.7 cm³/mol. The number of rotatable bonds is 2. The smallest absolute Gasteiger partial charge is 0.213 e. The molecule has 0 radical (unpaired) electrons. The van der Waals surface area contributed by atoms with Crippen LogP contribution in [0, 0.1) is 0 Å². The second kappa shape index (κ2) is 3.51. The predicted octanol–water partition coefficient (Wildman–Crippen LogP) is 0.633. The van der Waals surface area contributed by atoms with Crippen LogP contribution in [0.15, 0.2) is 22.9 Å². The maximum Gasteiger partial charge on any atom is 0.213 e. The Bertz CT molecular complexity index is 377. The summed E-state index contributed by atoms with van der Waals surface area (Å²) >= 11 is 3.12. The first-order valence-electron chi connectivity index (χ1n) is 3.09. The third kappa shape index (κ3) is 2.88. The van der Waals surface area contributed by atoms with Gasteiger partial charge in [0.25, 0.3) is 0 Å². The molecule has 4 nitrogen and oxygen atoms in total. The van der Waals surface area contributed by atoms with Crippen molar-refractivity contribution in [2.24, 2.45) is 5.14 Å². The van der Waals surface area contributed by atoms with Gasteiger partial charge in [0.1, 0.15) is 4.60 Å². The number of halogens is 1. The van der Waals surface area contributed by atoms with Gasteiger partial charge in [0.2, 0.25) is 10.0 Å². The summed E-state index contributed by atoms with van der Waals surface area (Å²) in [4.78, 5) is 3.86. The van der Waals surface area contributed by atoms with Crippen LogP contribution in [0.3, 0.4) is 0 Å². The molecule has 1 aromatic rings. The minimum atomic E-state index is -3.47. The number of primary sulfonamides is 1. The number of pyridine rings is 1. The summed E-state index contributed by atoms with van der Waals surface area (Å²) in [5.41, 5.74) is 0.569. The monoisotopic (exact) mass is 250 g/mol. The Morgan fingerprint density at radius 2 is 2.25 bits per heavy atom. The topological polar surface area (TPSA) is 73.1 Å². The number of nitrogens with zero attached hydrogens (tertiary/aromatic N) is 1. The van der Waals surface area contributed by atoms with Crippen LogP contribution in [0.2, 0.25) is 0 Å². The van der Waals surface area contributed by atoms with E-state index in [1.165, 1.54) is 0 Å². The Balaban J connectivity index is 2.98. The third-order valence-corrected chi connectivity index (χ3v) is 2.62. The van der Waals surface area contributed by atoms with Gasteiger partial charge in [0.15, 0.2) is 0 Å². The van der Waals surface area contributed by atoms with Gasteiger partial charge in [-0.25, -0.2) is 18.5 Å². The van der Waals surface area contributed by atoms with Gasteiger partial charge in [0, 0.05) is 11.8 Å². The maximum atomic E-state index is 10.7. The first kappa shape index (κ1) is 9.63. The second-order valence-corrected chi connectivity index (χ2v) is 4.63. The van der Waals surface area contributed by atoms with Gasteiger partial charge < -0.3 is 0 Å².